The molecule has 3 heterocycles. The van der Waals surface area contributed by atoms with E-state index < -0.39 is 0 Å². The van der Waals surface area contributed by atoms with E-state index in [1.165, 1.54) is 38.0 Å². The molecule has 2 saturated heterocycles. The van der Waals surface area contributed by atoms with Crippen LogP contribution < -0.4 is 4.74 Å². The molecule has 1 aromatic heterocycles. The van der Waals surface area contributed by atoms with E-state index in [0.29, 0.717) is 6.04 Å². The van der Waals surface area contributed by atoms with Crippen molar-refractivity contribution in [1.82, 2.24) is 19.7 Å². The Labute approximate surface area is 133 Å². The summed E-state index contributed by atoms with van der Waals surface area (Å²) in [5.74, 6) is 0.772. The minimum atomic E-state index is 0.701. The van der Waals surface area contributed by atoms with Gasteiger partial charge in [0, 0.05) is 56.6 Å². The number of likely N-dealkylation sites (N-methyl/N-ethyl adjacent to an activating group) is 1. The molecule has 5 nitrogen and oxygen atoms in total. The molecule has 0 saturated carbocycles. The van der Waals surface area contributed by atoms with Gasteiger partial charge in [0.15, 0.2) is 0 Å². The van der Waals surface area contributed by atoms with Crippen LogP contribution in [0.5, 0.6) is 5.88 Å². The number of hydrogen-bond acceptors (Lipinski definition) is 5. The highest BCUT2D eigenvalue weighted by atomic mass is 16.5. The van der Waals surface area contributed by atoms with E-state index in [4.69, 9.17) is 4.74 Å². The first kappa shape index (κ1) is 15.7. The summed E-state index contributed by atoms with van der Waals surface area (Å²) in [6.07, 6.45) is 4.38. The van der Waals surface area contributed by atoms with Gasteiger partial charge in [-0.1, -0.05) is 6.07 Å². The summed E-state index contributed by atoms with van der Waals surface area (Å²) < 4.78 is 5.40. The van der Waals surface area contributed by atoms with Crippen LogP contribution in [-0.2, 0) is 6.54 Å². The zero-order valence-electron chi connectivity index (χ0n) is 14.0. The molecule has 0 aliphatic carbocycles. The fourth-order valence-electron chi connectivity index (χ4n) is 3.91. The van der Waals surface area contributed by atoms with Crippen molar-refractivity contribution < 1.29 is 4.74 Å². The molecule has 0 aromatic carbocycles. The number of likely N-dealkylation sites (tertiary alicyclic amines) is 2. The van der Waals surface area contributed by atoms with Crippen LogP contribution in [-0.4, -0.2) is 79.2 Å². The van der Waals surface area contributed by atoms with Gasteiger partial charge in [0.2, 0.25) is 5.88 Å². The summed E-state index contributed by atoms with van der Waals surface area (Å²) in [6, 6.07) is 5.58. The van der Waals surface area contributed by atoms with Crippen molar-refractivity contribution in [3.8, 4) is 5.88 Å². The lowest BCUT2D eigenvalue weighted by Gasteiger charge is -2.26. The molecule has 2 fully saturated rings. The largest absolute Gasteiger partial charge is 0.481 e. The van der Waals surface area contributed by atoms with Gasteiger partial charge in [-0.2, -0.15) is 0 Å². The second-order valence-electron chi connectivity index (χ2n) is 6.69. The molecule has 5 heteroatoms. The van der Waals surface area contributed by atoms with Crippen molar-refractivity contribution >= 4 is 0 Å². The molecule has 0 radical (unpaired) electrons. The Balaban J connectivity index is 1.61. The van der Waals surface area contributed by atoms with Gasteiger partial charge in [0.25, 0.3) is 0 Å². The number of methoxy groups -OCH3 is 1. The van der Waals surface area contributed by atoms with Gasteiger partial charge < -0.3 is 9.64 Å². The van der Waals surface area contributed by atoms with Crippen molar-refractivity contribution in [1.29, 1.82) is 0 Å². The minimum Gasteiger partial charge on any atom is -0.481 e. The van der Waals surface area contributed by atoms with Crippen LogP contribution in [0, 0.1) is 0 Å². The molecular weight excluding hydrogens is 276 g/mol. The number of aromatic nitrogens is 1. The van der Waals surface area contributed by atoms with Crippen LogP contribution in [0.25, 0.3) is 0 Å². The standard InChI is InChI=1S/C17H28N4O/c1-19(2)11-12-20-9-6-16-15(20)7-10-21(16)13-14-5-4-8-18-17(14)22-3/h4-5,8,15-16H,6-7,9-13H2,1-3H3/t15-,16-/m1/s1. The second-order valence-corrected chi connectivity index (χ2v) is 6.69. The first-order valence-electron chi connectivity index (χ1n) is 8.29. The van der Waals surface area contributed by atoms with Crippen molar-refractivity contribution in [2.75, 3.05) is 47.4 Å². The van der Waals surface area contributed by atoms with Crippen molar-refractivity contribution in [3.05, 3.63) is 23.9 Å². The Morgan fingerprint density at radius 1 is 1.23 bits per heavy atom. The summed E-state index contributed by atoms with van der Waals surface area (Å²) in [4.78, 5) is 11.9. The Morgan fingerprint density at radius 3 is 2.68 bits per heavy atom. The lowest BCUT2D eigenvalue weighted by molar-refractivity contribution is 0.203. The van der Waals surface area contributed by atoms with Gasteiger partial charge in [-0.25, -0.2) is 4.98 Å². The average Bonchev–Trinajstić information content (AvgIpc) is 3.09. The van der Waals surface area contributed by atoms with Gasteiger partial charge in [-0.15, -0.1) is 0 Å². The summed E-state index contributed by atoms with van der Waals surface area (Å²) in [7, 11) is 6.02. The molecule has 1 aromatic rings. The first-order chi connectivity index (χ1) is 10.7. The van der Waals surface area contributed by atoms with E-state index in [1.807, 2.05) is 6.07 Å². The van der Waals surface area contributed by atoms with Crippen molar-refractivity contribution in [2.45, 2.75) is 31.5 Å². The maximum absolute atomic E-state index is 5.40. The molecule has 2 aliphatic rings. The highest BCUT2D eigenvalue weighted by Gasteiger charge is 2.42. The number of hydrogen-bond donors (Lipinski definition) is 0. The molecule has 122 valence electrons. The van der Waals surface area contributed by atoms with E-state index >= 15 is 0 Å². The Bertz CT molecular complexity index is 493. The summed E-state index contributed by atoms with van der Waals surface area (Å²) in [5, 5.41) is 0. The fourth-order valence-corrected chi connectivity index (χ4v) is 3.91. The number of fused-ring (bicyclic) bond motifs is 1. The molecule has 0 unspecified atom stereocenters. The third-order valence-corrected chi connectivity index (χ3v) is 5.06. The predicted octanol–water partition coefficient (Wildman–Crippen LogP) is 1.30. The van der Waals surface area contributed by atoms with Gasteiger partial charge in [0.05, 0.1) is 7.11 Å². The van der Waals surface area contributed by atoms with Crippen molar-refractivity contribution in [2.24, 2.45) is 0 Å². The Morgan fingerprint density at radius 2 is 1.95 bits per heavy atom. The van der Waals surface area contributed by atoms with Crippen LogP contribution in [0.1, 0.15) is 18.4 Å². The molecule has 2 aliphatic heterocycles. The van der Waals surface area contributed by atoms with Crippen LogP contribution in [0.15, 0.2) is 18.3 Å². The number of ether oxygens (including phenoxy) is 1. The summed E-state index contributed by atoms with van der Waals surface area (Å²) in [5.41, 5.74) is 1.21. The molecule has 0 N–H and O–H groups in total. The van der Waals surface area contributed by atoms with Crippen LogP contribution in [0.3, 0.4) is 0 Å². The van der Waals surface area contributed by atoms with E-state index in [-0.39, 0.29) is 0 Å². The molecule has 2 atom stereocenters. The molecule has 0 amide bonds. The van der Waals surface area contributed by atoms with Gasteiger partial charge in [-0.3, -0.25) is 9.80 Å². The quantitative estimate of drug-likeness (QED) is 0.791. The van der Waals surface area contributed by atoms with Gasteiger partial charge >= 0.3 is 0 Å². The van der Waals surface area contributed by atoms with Gasteiger partial charge in [-0.05, 0) is 33.0 Å². The monoisotopic (exact) mass is 304 g/mol. The predicted molar refractivity (Wildman–Crippen MR) is 88.1 cm³/mol. The van der Waals surface area contributed by atoms with E-state index in [9.17, 15) is 0 Å². The Kier molecular flexibility index (Phi) is 4.96. The number of nitrogens with zero attached hydrogens (tertiary/aromatic N) is 4. The van der Waals surface area contributed by atoms with Crippen molar-refractivity contribution in [3.63, 3.8) is 0 Å². The normalized spacial score (nSPS) is 25.8. The lowest BCUT2D eigenvalue weighted by atomic mass is 10.1. The lowest BCUT2D eigenvalue weighted by Crippen LogP contribution is -2.39. The zero-order chi connectivity index (χ0) is 15.5. The third-order valence-electron chi connectivity index (χ3n) is 5.06. The highest BCUT2D eigenvalue weighted by Crippen LogP contribution is 2.33. The number of pyridine rings is 1. The van der Waals surface area contributed by atoms with Crippen LogP contribution >= 0.6 is 0 Å². The maximum Gasteiger partial charge on any atom is 0.217 e. The van der Waals surface area contributed by atoms with Crippen LogP contribution in [0.2, 0.25) is 0 Å². The van der Waals surface area contributed by atoms with E-state index in [1.54, 1.807) is 13.3 Å². The zero-order valence-corrected chi connectivity index (χ0v) is 14.0. The average molecular weight is 304 g/mol. The molecular formula is C17H28N4O. The smallest absolute Gasteiger partial charge is 0.217 e. The first-order valence-corrected chi connectivity index (χ1v) is 8.29. The Hall–Kier alpha value is -1.17. The SMILES string of the molecule is COc1ncccc1CN1CC[C@@H]2[C@H]1CCN2CCN(C)C. The van der Waals surface area contributed by atoms with E-state index in [2.05, 4.69) is 39.8 Å². The topological polar surface area (TPSA) is 31.8 Å². The molecule has 22 heavy (non-hydrogen) atoms. The molecule has 0 bridgehead atoms. The molecule has 0 spiro atoms. The van der Waals surface area contributed by atoms with E-state index in [0.717, 1.165) is 25.0 Å². The van der Waals surface area contributed by atoms with Gasteiger partial charge in [0.1, 0.15) is 0 Å². The third kappa shape index (κ3) is 3.26. The summed E-state index contributed by atoms with van der Waals surface area (Å²) in [6.45, 7) is 5.73. The fraction of sp³-hybridized carbons (Fsp3) is 0.706. The highest BCUT2D eigenvalue weighted by molar-refractivity contribution is 5.25. The van der Waals surface area contributed by atoms with Crippen LogP contribution in [0.4, 0.5) is 0 Å². The maximum atomic E-state index is 5.40. The molecule has 3 rings (SSSR count). The number of rotatable bonds is 6. The second kappa shape index (κ2) is 6.94. The summed E-state index contributed by atoms with van der Waals surface area (Å²) >= 11 is 0. The minimum absolute atomic E-state index is 0.701.